The highest BCUT2D eigenvalue weighted by Crippen LogP contribution is 2.38. The van der Waals surface area contributed by atoms with E-state index in [4.69, 9.17) is 14.3 Å². The van der Waals surface area contributed by atoms with E-state index in [1.807, 2.05) is 85.0 Å². The lowest BCUT2D eigenvalue weighted by Crippen LogP contribution is -3.00. The van der Waals surface area contributed by atoms with Gasteiger partial charge in [-0.25, -0.2) is 0 Å². The zero-order valence-corrected chi connectivity index (χ0v) is 20.8. The number of nitrogens with zero attached hydrogens (tertiary/aromatic N) is 2. The number of carboxylic acid groups (broad SMARTS) is 1. The third-order valence-electron chi connectivity index (χ3n) is 5.79. The molecule has 0 radical (unpaired) electrons. The van der Waals surface area contributed by atoms with Crippen LogP contribution in [-0.2, 0) is 17.8 Å². The van der Waals surface area contributed by atoms with Crippen molar-refractivity contribution in [3.05, 3.63) is 108 Å². The number of carbonyl (C=O) groups is 1. The lowest BCUT2D eigenvalue weighted by Gasteiger charge is -2.14. The fraction of sp³-hybridized carbons (Fsp3) is 0.143. The van der Waals surface area contributed by atoms with Gasteiger partial charge in [-0.2, -0.15) is 4.57 Å². The second kappa shape index (κ2) is 10.6. The van der Waals surface area contributed by atoms with Gasteiger partial charge < -0.3 is 36.1 Å². The maximum Gasteiger partial charge on any atom is 0.374 e. The summed E-state index contributed by atoms with van der Waals surface area (Å²) >= 11 is 0. The predicted molar refractivity (Wildman–Crippen MR) is 130 cm³/mol. The molecule has 0 aliphatic carbocycles. The van der Waals surface area contributed by atoms with E-state index in [1.165, 1.54) is 0 Å². The summed E-state index contributed by atoms with van der Waals surface area (Å²) in [5, 5.41) is 9.00. The number of carboxylic acids is 1. The fourth-order valence-electron chi connectivity index (χ4n) is 4.18. The van der Waals surface area contributed by atoms with Crippen LogP contribution in [0.2, 0.25) is 0 Å². The number of aliphatic carboxylic acids is 1. The Bertz CT molecular complexity index is 1410. The maximum atomic E-state index is 11.0. The number of aromatic nitrogens is 1. The van der Waals surface area contributed by atoms with Crippen LogP contribution < -0.4 is 31.2 Å². The van der Waals surface area contributed by atoms with Gasteiger partial charge in [-0.15, -0.1) is 0 Å². The lowest BCUT2D eigenvalue weighted by atomic mass is 10.1. The predicted octanol–water partition coefficient (Wildman–Crippen LogP) is 2.17. The van der Waals surface area contributed by atoms with E-state index in [0.717, 1.165) is 46.1 Å². The number of ether oxygens (including phenoxy) is 1. The van der Waals surface area contributed by atoms with Gasteiger partial charge in [0.2, 0.25) is 11.5 Å². The number of benzene rings is 3. The number of oxazole rings is 1. The minimum Gasteiger partial charge on any atom is -1.00 e. The molecule has 2 heterocycles. The summed E-state index contributed by atoms with van der Waals surface area (Å²) in [5.74, 6) is 1.51. The van der Waals surface area contributed by atoms with E-state index in [0.29, 0.717) is 12.4 Å². The van der Waals surface area contributed by atoms with Gasteiger partial charge in [0.1, 0.15) is 0 Å². The van der Waals surface area contributed by atoms with Gasteiger partial charge in [0, 0.05) is 18.2 Å². The monoisotopic (exact) mass is 532 g/mol. The van der Waals surface area contributed by atoms with Crippen LogP contribution in [0.3, 0.4) is 0 Å². The molecule has 35 heavy (non-hydrogen) atoms. The summed E-state index contributed by atoms with van der Waals surface area (Å²) in [4.78, 5) is 13.1. The summed E-state index contributed by atoms with van der Waals surface area (Å²) in [5.41, 5.74) is 4.70. The number of hydrogen-bond donors (Lipinski definition) is 1. The minimum absolute atomic E-state index is 0. The van der Waals surface area contributed by atoms with Crippen LogP contribution in [0, 0.1) is 0 Å². The molecule has 0 fully saturated rings. The summed E-state index contributed by atoms with van der Waals surface area (Å²) in [7, 11) is 0. The van der Waals surface area contributed by atoms with Crippen LogP contribution in [-0.4, -0.2) is 17.6 Å². The van der Waals surface area contributed by atoms with Crippen molar-refractivity contribution < 1.29 is 40.6 Å². The standard InChI is InChI=1S/C28H24N2O4.BrH/c1-2-29-22-8-3-5-10-24(22)33-26(29)12-7-13-27-30(23-9-4-6-11-25(23)34-27)19-21-16-14-20(15-17-21)18-28(31)32;/h3-17H,2,18-19H2,1H3;1H. The Morgan fingerprint density at radius 3 is 2.49 bits per heavy atom. The molecule has 7 heteroatoms. The topological polar surface area (TPSA) is 66.8 Å². The number of fused-ring (bicyclic) bond motifs is 2. The Hall–Kier alpha value is -3.84. The molecule has 0 saturated carbocycles. The highest BCUT2D eigenvalue weighted by molar-refractivity contribution is 5.71. The van der Waals surface area contributed by atoms with Crippen LogP contribution >= 0.6 is 0 Å². The molecular formula is C28H25BrN2O4. The quantitative estimate of drug-likeness (QED) is 0.369. The molecular weight excluding hydrogens is 508 g/mol. The molecule has 6 nitrogen and oxygen atoms in total. The van der Waals surface area contributed by atoms with Crippen LogP contribution in [0.15, 0.2) is 95.2 Å². The van der Waals surface area contributed by atoms with Gasteiger partial charge in [-0.1, -0.05) is 48.5 Å². The first-order valence-electron chi connectivity index (χ1n) is 11.3. The third kappa shape index (κ3) is 5.15. The molecule has 178 valence electrons. The SMILES string of the molecule is CCN1/C(=C\C=C/c2oc3ccccc3[n+]2Cc2ccc(CC(=O)O)cc2)Oc2ccccc21.[Br-]. The molecule has 5 rings (SSSR count). The van der Waals surface area contributed by atoms with Crippen LogP contribution in [0.1, 0.15) is 23.9 Å². The van der Waals surface area contributed by atoms with E-state index in [1.54, 1.807) is 0 Å². The summed E-state index contributed by atoms with van der Waals surface area (Å²) in [6.07, 6.45) is 5.84. The zero-order chi connectivity index (χ0) is 23.5. The number of para-hydroxylation sites is 4. The molecule has 1 aliphatic rings. The first-order valence-corrected chi connectivity index (χ1v) is 11.3. The normalized spacial score (nSPS) is 13.7. The van der Waals surface area contributed by atoms with Crippen molar-refractivity contribution in [2.24, 2.45) is 0 Å². The average molecular weight is 533 g/mol. The molecule has 3 aromatic carbocycles. The van der Waals surface area contributed by atoms with Crippen molar-refractivity contribution in [1.29, 1.82) is 0 Å². The van der Waals surface area contributed by atoms with Gasteiger partial charge in [0.25, 0.3) is 5.52 Å². The number of allylic oxidation sites excluding steroid dienone is 2. The van der Waals surface area contributed by atoms with E-state index in [9.17, 15) is 4.79 Å². The molecule has 0 bridgehead atoms. The van der Waals surface area contributed by atoms with Crippen LogP contribution in [0.4, 0.5) is 5.69 Å². The van der Waals surface area contributed by atoms with Crippen molar-refractivity contribution in [3.8, 4) is 5.75 Å². The van der Waals surface area contributed by atoms with E-state index in [-0.39, 0.29) is 23.4 Å². The van der Waals surface area contributed by atoms with E-state index >= 15 is 0 Å². The van der Waals surface area contributed by atoms with E-state index < -0.39 is 5.97 Å². The molecule has 1 aliphatic heterocycles. The minimum atomic E-state index is -0.833. The second-order valence-electron chi connectivity index (χ2n) is 8.06. The Balaban J connectivity index is 0.00000289. The van der Waals surface area contributed by atoms with Crippen molar-refractivity contribution in [2.45, 2.75) is 19.9 Å². The Morgan fingerprint density at radius 1 is 1.00 bits per heavy atom. The number of rotatable bonds is 7. The number of halogens is 1. The molecule has 1 aromatic heterocycles. The maximum absolute atomic E-state index is 11.0. The molecule has 4 aromatic rings. The zero-order valence-electron chi connectivity index (χ0n) is 19.2. The molecule has 0 atom stereocenters. The molecule has 0 unspecified atom stereocenters. The summed E-state index contributed by atoms with van der Waals surface area (Å²) in [6.45, 7) is 3.50. The molecule has 1 N–H and O–H groups in total. The highest BCUT2D eigenvalue weighted by atomic mass is 79.9. The van der Waals surface area contributed by atoms with Crippen LogP contribution in [0.25, 0.3) is 17.2 Å². The summed E-state index contributed by atoms with van der Waals surface area (Å²) < 4.78 is 14.3. The molecule has 0 amide bonds. The van der Waals surface area contributed by atoms with Gasteiger partial charge >= 0.3 is 11.9 Å². The van der Waals surface area contributed by atoms with Gasteiger partial charge in [-0.3, -0.25) is 4.79 Å². The Morgan fingerprint density at radius 2 is 1.71 bits per heavy atom. The average Bonchev–Trinajstić information content (AvgIpc) is 3.37. The number of anilines is 1. The smallest absolute Gasteiger partial charge is 0.374 e. The Labute approximate surface area is 214 Å². The molecule has 0 spiro atoms. The van der Waals surface area contributed by atoms with Crippen molar-refractivity contribution in [2.75, 3.05) is 11.4 Å². The van der Waals surface area contributed by atoms with Crippen molar-refractivity contribution in [3.63, 3.8) is 0 Å². The van der Waals surface area contributed by atoms with Gasteiger partial charge in [-0.05, 0) is 42.8 Å². The first-order chi connectivity index (χ1) is 16.6. The second-order valence-corrected chi connectivity index (χ2v) is 8.06. The van der Waals surface area contributed by atoms with Crippen molar-refractivity contribution >= 4 is 28.8 Å². The molecule has 0 saturated heterocycles. The first kappa shape index (κ1) is 24.3. The van der Waals surface area contributed by atoms with Crippen molar-refractivity contribution in [1.82, 2.24) is 0 Å². The highest BCUT2D eigenvalue weighted by Gasteiger charge is 2.24. The third-order valence-corrected chi connectivity index (χ3v) is 5.79. The fourth-order valence-corrected chi connectivity index (χ4v) is 4.18. The summed E-state index contributed by atoms with van der Waals surface area (Å²) in [6, 6.07) is 23.6. The largest absolute Gasteiger partial charge is 1.00 e. The Kier molecular flexibility index (Phi) is 7.36. The van der Waals surface area contributed by atoms with E-state index in [2.05, 4.69) is 22.5 Å². The number of hydrogen-bond acceptors (Lipinski definition) is 4. The lowest BCUT2D eigenvalue weighted by molar-refractivity contribution is -0.669. The van der Waals surface area contributed by atoms with Gasteiger partial charge in [0.05, 0.1) is 18.2 Å². The van der Waals surface area contributed by atoms with Crippen LogP contribution in [0.5, 0.6) is 5.75 Å². The van der Waals surface area contributed by atoms with Gasteiger partial charge in [0.15, 0.2) is 12.3 Å².